The van der Waals surface area contributed by atoms with Crippen LogP contribution in [-0.2, 0) is 0 Å². The van der Waals surface area contributed by atoms with Gasteiger partial charge in [-0.05, 0) is 6.42 Å². The Morgan fingerprint density at radius 2 is 2.07 bits per heavy atom. The fraction of sp³-hybridized carbons (Fsp3) is 0.857. The van der Waals surface area contributed by atoms with Gasteiger partial charge in [0.1, 0.15) is 6.54 Å². The Morgan fingerprint density at radius 1 is 1.50 bits per heavy atom. The second kappa shape index (κ2) is 5.69. The lowest BCUT2D eigenvalue weighted by atomic mass is 10.2. The number of halogens is 3. The van der Waals surface area contributed by atoms with Gasteiger partial charge in [-0.1, -0.05) is 6.92 Å². The summed E-state index contributed by atoms with van der Waals surface area (Å²) in [6, 6.07) is -1.44. The summed E-state index contributed by atoms with van der Waals surface area (Å²) in [7, 11) is 0. The van der Waals surface area contributed by atoms with Crippen LogP contribution in [0.1, 0.15) is 13.3 Å². The molecular formula is C7H13F3N2O2. The zero-order valence-corrected chi connectivity index (χ0v) is 7.69. The van der Waals surface area contributed by atoms with Crippen molar-refractivity contribution < 1.29 is 23.1 Å². The van der Waals surface area contributed by atoms with Crippen molar-refractivity contribution in [1.82, 2.24) is 10.6 Å². The van der Waals surface area contributed by atoms with E-state index in [0.29, 0.717) is 6.42 Å². The highest BCUT2D eigenvalue weighted by molar-refractivity contribution is 5.74. The topological polar surface area (TPSA) is 61.4 Å². The summed E-state index contributed by atoms with van der Waals surface area (Å²) < 4.78 is 34.9. The molecule has 84 valence electrons. The first-order valence-corrected chi connectivity index (χ1v) is 4.11. The van der Waals surface area contributed by atoms with E-state index in [1.54, 1.807) is 12.2 Å². The third-order valence-corrected chi connectivity index (χ3v) is 1.50. The number of aliphatic hydroxyl groups is 1. The van der Waals surface area contributed by atoms with E-state index in [-0.39, 0.29) is 6.61 Å². The fourth-order valence-electron chi connectivity index (χ4n) is 0.694. The monoisotopic (exact) mass is 214 g/mol. The molecule has 4 nitrogen and oxygen atoms in total. The molecule has 0 saturated carbocycles. The van der Waals surface area contributed by atoms with E-state index in [2.05, 4.69) is 5.32 Å². The van der Waals surface area contributed by atoms with E-state index in [4.69, 9.17) is 5.11 Å². The Balaban J connectivity index is 3.75. The van der Waals surface area contributed by atoms with Crippen LogP contribution in [-0.4, -0.2) is 36.5 Å². The average Bonchev–Trinajstić information content (AvgIpc) is 2.09. The fourth-order valence-corrected chi connectivity index (χ4v) is 0.694. The lowest BCUT2D eigenvalue weighted by Gasteiger charge is -2.15. The van der Waals surface area contributed by atoms with E-state index in [1.165, 1.54) is 0 Å². The van der Waals surface area contributed by atoms with Crippen LogP contribution in [0.2, 0.25) is 0 Å². The summed E-state index contributed by atoms with van der Waals surface area (Å²) in [5.41, 5.74) is 0. The second-order valence-electron chi connectivity index (χ2n) is 2.73. The Bertz CT molecular complexity index is 180. The minimum Gasteiger partial charge on any atom is -0.394 e. The molecule has 3 N–H and O–H groups in total. The highest BCUT2D eigenvalue weighted by Gasteiger charge is 2.27. The zero-order chi connectivity index (χ0) is 11.2. The first-order valence-electron chi connectivity index (χ1n) is 4.11. The molecule has 0 spiro atoms. The third kappa shape index (κ3) is 6.53. The smallest absolute Gasteiger partial charge is 0.394 e. The van der Waals surface area contributed by atoms with Gasteiger partial charge in [0, 0.05) is 0 Å². The molecule has 7 heteroatoms. The van der Waals surface area contributed by atoms with Gasteiger partial charge >= 0.3 is 12.2 Å². The largest absolute Gasteiger partial charge is 0.405 e. The van der Waals surface area contributed by atoms with Crippen molar-refractivity contribution >= 4 is 6.03 Å². The quantitative estimate of drug-likeness (QED) is 0.642. The molecule has 0 aromatic rings. The number of urea groups is 1. The SMILES string of the molecule is CC[C@@H](CO)NC(=O)NCC(F)(F)F. The number of amides is 2. The number of alkyl halides is 3. The van der Waals surface area contributed by atoms with Crippen LogP contribution < -0.4 is 10.6 Å². The maximum Gasteiger partial charge on any atom is 0.405 e. The van der Waals surface area contributed by atoms with Gasteiger partial charge < -0.3 is 15.7 Å². The summed E-state index contributed by atoms with van der Waals surface area (Å²) in [4.78, 5) is 10.8. The van der Waals surface area contributed by atoms with E-state index in [9.17, 15) is 18.0 Å². The molecule has 0 aromatic heterocycles. The van der Waals surface area contributed by atoms with Gasteiger partial charge in [-0.3, -0.25) is 0 Å². The highest BCUT2D eigenvalue weighted by atomic mass is 19.4. The van der Waals surface area contributed by atoms with E-state index >= 15 is 0 Å². The minimum absolute atomic E-state index is 0.296. The number of carbonyl (C=O) groups excluding carboxylic acids is 1. The number of rotatable bonds is 4. The molecular weight excluding hydrogens is 201 g/mol. The first-order chi connectivity index (χ1) is 6.39. The van der Waals surface area contributed by atoms with Crippen LogP contribution in [0.3, 0.4) is 0 Å². The molecule has 0 radical (unpaired) electrons. The van der Waals surface area contributed by atoms with Crippen molar-refractivity contribution in [3.05, 3.63) is 0 Å². The maximum atomic E-state index is 11.6. The number of carbonyl (C=O) groups is 1. The molecule has 0 unspecified atom stereocenters. The molecule has 0 bridgehead atoms. The summed E-state index contributed by atoms with van der Waals surface area (Å²) in [5.74, 6) is 0. The van der Waals surface area contributed by atoms with Crippen LogP contribution in [0.25, 0.3) is 0 Å². The van der Waals surface area contributed by atoms with E-state index in [1.807, 2.05) is 0 Å². The van der Waals surface area contributed by atoms with Crippen molar-refractivity contribution in [2.45, 2.75) is 25.6 Å². The zero-order valence-electron chi connectivity index (χ0n) is 7.69. The minimum atomic E-state index is -4.42. The standard InChI is InChI=1S/C7H13F3N2O2/c1-2-5(3-13)12-6(14)11-4-7(8,9)10/h5,13H,2-4H2,1H3,(H2,11,12,14)/t5-/m0/s1. The second-order valence-corrected chi connectivity index (χ2v) is 2.73. The molecule has 0 aromatic carbocycles. The average molecular weight is 214 g/mol. The van der Waals surface area contributed by atoms with Gasteiger partial charge in [0.25, 0.3) is 0 Å². The number of nitrogens with one attached hydrogen (secondary N) is 2. The molecule has 0 fully saturated rings. The molecule has 0 rings (SSSR count). The summed E-state index contributed by atoms with van der Waals surface area (Å²) in [6.45, 7) is 0.0293. The predicted octanol–water partition coefficient (Wildman–Crippen LogP) is 0.619. The van der Waals surface area contributed by atoms with Gasteiger partial charge in [0.15, 0.2) is 0 Å². The van der Waals surface area contributed by atoms with Gasteiger partial charge in [0.05, 0.1) is 12.6 Å². The van der Waals surface area contributed by atoms with Crippen molar-refractivity contribution in [3.8, 4) is 0 Å². The van der Waals surface area contributed by atoms with Crippen LogP contribution in [0.5, 0.6) is 0 Å². The van der Waals surface area contributed by atoms with E-state index < -0.39 is 24.8 Å². The first kappa shape index (κ1) is 13.0. The van der Waals surface area contributed by atoms with Crippen molar-refractivity contribution in [3.63, 3.8) is 0 Å². The van der Waals surface area contributed by atoms with Gasteiger partial charge in [0.2, 0.25) is 0 Å². The third-order valence-electron chi connectivity index (χ3n) is 1.50. The summed E-state index contributed by atoms with van der Waals surface area (Å²) in [5, 5.41) is 12.5. The summed E-state index contributed by atoms with van der Waals surface area (Å²) >= 11 is 0. The Kier molecular flexibility index (Phi) is 5.29. The highest BCUT2D eigenvalue weighted by Crippen LogP contribution is 2.11. The van der Waals surface area contributed by atoms with Gasteiger partial charge in [-0.2, -0.15) is 13.2 Å². The lowest BCUT2D eigenvalue weighted by molar-refractivity contribution is -0.122. The number of aliphatic hydroxyl groups excluding tert-OH is 1. The molecule has 0 aliphatic carbocycles. The van der Waals surface area contributed by atoms with Crippen molar-refractivity contribution in [1.29, 1.82) is 0 Å². The Morgan fingerprint density at radius 3 is 2.43 bits per heavy atom. The summed E-state index contributed by atoms with van der Waals surface area (Å²) in [6.07, 6.45) is -3.96. The van der Waals surface area contributed by atoms with Crippen molar-refractivity contribution in [2.75, 3.05) is 13.2 Å². The number of hydrogen-bond donors (Lipinski definition) is 3. The molecule has 1 atom stereocenters. The molecule has 0 aliphatic heterocycles. The van der Waals surface area contributed by atoms with Crippen LogP contribution >= 0.6 is 0 Å². The van der Waals surface area contributed by atoms with E-state index in [0.717, 1.165) is 0 Å². The van der Waals surface area contributed by atoms with Crippen molar-refractivity contribution in [2.24, 2.45) is 0 Å². The van der Waals surface area contributed by atoms with Gasteiger partial charge in [-0.25, -0.2) is 4.79 Å². The number of hydrogen-bond acceptors (Lipinski definition) is 2. The molecule has 14 heavy (non-hydrogen) atoms. The molecule has 0 saturated heterocycles. The Hall–Kier alpha value is -0.980. The van der Waals surface area contributed by atoms with Gasteiger partial charge in [-0.15, -0.1) is 0 Å². The predicted molar refractivity (Wildman–Crippen MR) is 43.8 cm³/mol. The van der Waals surface area contributed by atoms with Crippen LogP contribution in [0.4, 0.5) is 18.0 Å². The molecule has 2 amide bonds. The molecule has 0 heterocycles. The Labute approximate surface area is 79.5 Å². The normalized spacial score (nSPS) is 13.5. The van der Waals surface area contributed by atoms with Crippen LogP contribution in [0.15, 0.2) is 0 Å². The van der Waals surface area contributed by atoms with Crippen LogP contribution in [0, 0.1) is 0 Å². The lowest BCUT2D eigenvalue weighted by Crippen LogP contribution is -2.46. The molecule has 0 aliphatic rings. The maximum absolute atomic E-state index is 11.6.